The number of hydrogen-bond acceptors (Lipinski definition) is 4. The van der Waals surface area contributed by atoms with E-state index in [1.807, 2.05) is 0 Å². The van der Waals surface area contributed by atoms with Gasteiger partial charge in [0.1, 0.15) is 5.75 Å². The molecule has 0 atom stereocenters. The van der Waals surface area contributed by atoms with Crippen LogP contribution in [0.25, 0.3) is 0 Å². The number of Topliss-reactive ketones (excluding diaryl/α,β-unsaturated/α-hetero) is 1. The molecule has 2 rings (SSSR count). The zero-order chi connectivity index (χ0) is 13.1. The van der Waals surface area contributed by atoms with Crippen LogP contribution in [0.4, 0.5) is 4.79 Å². The lowest BCUT2D eigenvalue weighted by Crippen LogP contribution is -2.29. The predicted molar refractivity (Wildman–Crippen MR) is 71.8 cm³/mol. The van der Waals surface area contributed by atoms with Crippen molar-refractivity contribution in [1.29, 1.82) is 0 Å². The first-order valence-corrected chi connectivity index (χ1v) is 6.76. The summed E-state index contributed by atoms with van der Waals surface area (Å²) >= 11 is 7.20. The van der Waals surface area contributed by atoms with E-state index >= 15 is 0 Å². The highest BCUT2D eigenvalue weighted by atomic mass is 35.5. The minimum absolute atomic E-state index is 0.0389. The summed E-state index contributed by atoms with van der Waals surface area (Å²) in [5.41, 5.74) is 0.491. The molecule has 1 aliphatic heterocycles. The van der Waals surface area contributed by atoms with Crippen LogP contribution in [0.1, 0.15) is 10.4 Å². The fourth-order valence-electron chi connectivity index (χ4n) is 1.67. The van der Waals surface area contributed by atoms with Gasteiger partial charge in [-0.3, -0.25) is 9.59 Å². The summed E-state index contributed by atoms with van der Waals surface area (Å²) in [5, 5.41) is 0.355. The van der Waals surface area contributed by atoms with E-state index in [1.165, 1.54) is 18.9 Å². The fraction of sp³-hybridized carbons (Fsp3) is 0.333. The molecule has 0 saturated carbocycles. The van der Waals surface area contributed by atoms with Crippen molar-refractivity contribution < 1.29 is 14.3 Å². The first-order valence-electron chi connectivity index (χ1n) is 5.40. The second kappa shape index (κ2) is 5.63. The summed E-state index contributed by atoms with van der Waals surface area (Å²) in [5.74, 6) is 1.16. The molecular formula is C12H12ClNO3S. The average molecular weight is 286 g/mol. The Bertz CT molecular complexity index is 492. The number of thioether (sulfide) groups is 1. The highest BCUT2D eigenvalue weighted by Crippen LogP contribution is 2.25. The number of nitrogens with zero attached hydrogens (tertiary/aromatic N) is 1. The van der Waals surface area contributed by atoms with Crippen LogP contribution in [-0.4, -0.2) is 41.9 Å². The number of ether oxygens (including phenoxy) is 1. The predicted octanol–water partition coefficient (Wildman–Crippen LogP) is 2.70. The molecule has 0 aromatic heterocycles. The summed E-state index contributed by atoms with van der Waals surface area (Å²) in [6.45, 7) is 0.730. The molecule has 6 heteroatoms. The molecule has 0 N–H and O–H groups in total. The topological polar surface area (TPSA) is 46.6 Å². The normalized spacial score (nSPS) is 15.0. The van der Waals surface area contributed by atoms with Crippen LogP contribution >= 0.6 is 23.4 Å². The minimum Gasteiger partial charge on any atom is -0.495 e. The Labute approximate surface area is 114 Å². The lowest BCUT2D eigenvalue weighted by molar-refractivity contribution is 0.0956. The SMILES string of the molecule is COc1ccc(C(=O)CN2CCSC2=O)cc1Cl. The lowest BCUT2D eigenvalue weighted by atomic mass is 10.1. The first-order chi connectivity index (χ1) is 8.61. The molecule has 96 valence electrons. The van der Waals surface area contributed by atoms with E-state index < -0.39 is 0 Å². The van der Waals surface area contributed by atoms with E-state index in [2.05, 4.69) is 0 Å². The highest BCUT2D eigenvalue weighted by molar-refractivity contribution is 8.13. The Morgan fingerprint density at radius 1 is 1.56 bits per heavy atom. The quantitative estimate of drug-likeness (QED) is 0.798. The number of methoxy groups -OCH3 is 1. The number of hydrogen-bond donors (Lipinski definition) is 0. The van der Waals surface area contributed by atoms with E-state index in [9.17, 15) is 9.59 Å². The molecule has 4 nitrogen and oxygen atoms in total. The molecule has 1 fully saturated rings. The summed E-state index contributed by atoms with van der Waals surface area (Å²) in [6, 6.07) is 4.87. The highest BCUT2D eigenvalue weighted by Gasteiger charge is 2.23. The van der Waals surface area contributed by atoms with Gasteiger partial charge in [0.25, 0.3) is 5.24 Å². The third kappa shape index (κ3) is 2.79. The number of carbonyl (C=O) groups excluding carboxylic acids is 2. The fourth-order valence-corrected chi connectivity index (χ4v) is 2.76. The van der Waals surface area contributed by atoms with Gasteiger partial charge in [0.05, 0.1) is 18.7 Å². The zero-order valence-corrected chi connectivity index (χ0v) is 11.4. The standard InChI is InChI=1S/C12H12ClNO3S/c1-17-11-3-2-8(6-9(11)13)10(15)7-14-4-5-18-12(14)16/h2-3,6H,4-5,7H2,1H3. The van der Waals surface area contributed by atoms with Gasteiger partial charge >= 0.3 is 0 Å². The summed E-state index contributed by atoms with van der Waals surface area (Å²) < 4.78 is 5.02. The van der Waals surface area contributed by atoms with Gasteiger partial charge < -0.3 is 9.64 Å². The number of amides is 1. The molecule has 1 saturated heterocycles. The van der Waals surface area contributed by atoms with E-state index in [1.54, 1.807) is 23.1 Å². The van der Waals surface area contributed by atoms with Gasteiger partial charge in [-0.15, -0.1) is 0 Å². The Morgan fingerprint density at radius 3 is 2.89 bits per heavy atom. The molecule has 1 amide bonds. The molecule has 0 aliphatic carbocycles. The van der Waals surface area contributed by atoms with E-state index in [0.29, 0.717) is 22.9 Å². The van der Waals surface area contributed by atoms with Gasteiger partial charge in [0.15, 0.2) is 5.78 Å². The van der Waals surface area contributed by atoms with Crippen molar-refractivity contribution in [3.63, 3.8) is 0 Å². The second-order valence-corrected chi connectivity index (χ2v) is 5.26. The zero-order valence-electron chi connectivity index (χ0n) is 9.81. The maximum Gasteiger partial charge on any atom is 0.282 e. The number of rotatable bonds is 4. The van der Waals surface area contributed by atoms with Gasteiger partial charge in [0.2, 0.25) is 0 Å². The summed E-state index contributed by atoms with van der Waals surface area (Å²) in [6.07, 6.45) is 0. The number of carbonyl (C=O) groups is 2. The van der Waals surface area contributed by atoms with Crippen molar-refractivity contribution in [2.75, 3.05) is 26.0 Å². The van der Waals surface area contributed by atoms with E-state index in [-0.39, 0.29) is 17.6 Å². The number of benzene rings is 1. The lowest BCUT2D eigenvalue weighted by Gasteiger charge is -2.13. The monoisotopic (exact) mass is 285 g/mol. The third-order valence-corrected chi connectivity index (χ3v) is 3.84. The van der Waals surface area contributed by atoms with Crippen LogP contribution in [0.15, 0.2) is 18.2 Å². The van der Waals surface area contributed by atoms with Crippen LogP contribution in [0.5, 0.6) is 5.75 Å². The van der Waals surface area contributed by atoms with Crippen LogP contribution in [0.3, 0.4) is 0 Å². The average Bonchev–Trinajstić information content (AvgIpc) is 2.75. The smallest absolute Gasteiger partial charge is 0.282 e. The molecular weight excluding hydrogens is 274 g/mol. The second-order valence-electron chi connectivity index (χ2n) is 3.81. The first kappa shape index (κ1) is 13.2. The Hall–Kier alpha value is -1.20. The maximum absolute atomic E-state index is 12.0. The van der Waals surface area contributed by atoms with E-state index in [4.69, 9.17) is 16.3 Å². The van der Waals surface area contributed by atoms with Crippen molar-refractivity contribution in [2.45, 2.75) is 0 Å². The molecule has 0 bridgehead atoms. The molecule has 1 heterocycles. The van der Waals surface area contributed by atoms with Crippen LogP contribution < -0.4 is 4.74 Å². The Kier molecular flexibility index (Phi) is 4.14. The van der Waals surface area contributed by atoms with Gasteiger partial charge in [-0.2, -0.15) is 0 Å². The third-order valence-electron chi connectivity index (χ3n) is 2.65. The van der Waals surface area contributed by atoms with Crippen molar-refractivity contribution in [3.8, 4) is 5.75 Å². The molecule has 18 heavy (non-hydrogen) atoms. The molecule has 0 spiro atoms. The Balaban J connectivity index is 2.09. The summed E-state index contributed by atoms with van der Waals surface area (Å²) in [4.78, 5) is 24.9. The van der Waals surface area contributed by atoms with Gasteiger partial charge in [-0.25, -0.2) is 0 Å². The van der Waals surface area contributed by atoms with Gasteiger partial charge in [-0.05, 0) is 18.2 Å². The maximum atomic E-state index is 12.0. The van der Waals surface area contributed by atoms with Crippen LogP contribution in [0, 0.1) is 0 Å². The molecule has 0 unspecified atom stereocenters. The largest absolute Gasteiger partial charge is 0.495 e. The number of halogens is 1. The van der Waals surface area contributed by atoms with E-state index in [0.717, 1.165) is 5.75 Å². The Morgan fingerprint density at radius 2 is 2.33 bits per heavy atom. The minimum atomic E-state index is -0.115. The summed E-state index contributed by atoms with van der Waals surface area (Å²) in [7, 11) is 1.52. The van der Waals surface area contributed by atoms with Crippen molar-refractivity contribution in [3.05, 3.63) is 28.8 Å². The van der Waals surface area contributed by atoms with Crippen molar-refractivity contribution in [2.24, 2.45) is 0 Å². The number of ketones is 1. The molecule has 1 aromatic carbocycles. The van der Waals surface area contributed by atoms with Crippen molar-refractivity contribution >= 4 is 34.4 Å². The molecule has 1 aromatic rings. The molecule has 0 radical (unpaired) electrons. The van der Waals surface area contributed by atoms with Gasteiger partial charge in [-0.1, -0.05) is 23.4 Å². The molecule has 1 aliphatic rings. The van der Waals surface area contributed by atoms with Crippen molar-refractivity contribution in [1.82, 2.24) is 4.90 Å². The van der Waals surface area contributed by atoms with Gasteiger partial charge in [0, 0.05) is 17.9 Å². The van der Waals surface area contributed by atoms with Crippen LogP contribution in [0.2, 0.25) is 5.02 Å². The van der Waals surface area contributed by atoms with Crippen LogP contribution in [-0.2, 0) is 0 Å².